The van der Waals surface area contributed by atoms with E-state index in [9.17, 15) is 4.79 Å². The van der Waals surface area contributed by atoms with Crippen molar-refractivity contribution in [2.24, 2.45) is 0 Å². The number of allylic oxidation sites excluding steroid dienone is 2. The zero-order chi connectivity index (χ0) is 18.4. The second kappa shape index (κ2) is 21.6. The van der Waals surface area contributed by atoms with E-state index < -0.39 is 0 Å². The molecule has 0 saturated carbocycles. The van der Waals surface area contributed by atoms with Crippen molar-refractivity contribution in [1.82, 2.24) is 0 Å². The van der Waals surface area contributed by atoms with Crippen LogP contribution in [0, 0.1) is 0 Å². The van der Waals surface area contributed by atoms with Crippen molar-refractivity contribution >= 4 is 18.6 Å². The molecule has 0 radical (unpaired) electrons. The maximum atomic E-state index is 11.3. The smallest absolute Gasteiger partial charge is 0.306 e. The molecule has 0 aromatic carbocycles. The SMILES string of the molecule is CCCCCCCCCCCCCCC/C=C/CCC(=O)OCCS. The molecule has 0 aliphatic rings. The minimum absolute atomic E-state index is 0.111. The van der Waals surface area contributed by atoms with Crippen LogP contribution >= 0.6 is 12.6 Å². The first-order chi connectivity index (χ1) is 12.3. The summed E-state index contributed by atoms with van der Waals surface area (Å²) in [6.45, 7) is 2.70. The van der Waals surface area contributed by atoms with Crippen LogP contribution in [0.15, 0.2) is 12.2 Å². The molecule has 0 aliphatic carbocycles. The molecule has 0 unspecified atom stereocenters. The Bertz CT molecular complexity index is 302. The number of unbranched alkanes of at least 4 members (excludes halogenated alkanes) is 13. The van der Waals surface area contributed by atoms with Crippen LogP contribution in [0.25, 0.3) is 0 Å². The number of thiol groups is 1. The van der Waals surface area contributed by atoms with Gasteiger partial charge in [0.1, 0.15) is 6.61 Å². The van der Waals surface area contributed by atoms with E-state index in [1.165, 1.54) is 83.5 Å². The lowest BCUT2D eigenvalue weighted by atomic mass is 10.0. The van der Waals surface area contributed by atoms with Gasteiger partial charge in [-0.25, -0.2) is 0 Å². The molecule has 0 spiro atoms. The Hall–Kier alpha value is -0.440. The van der Waals surface area contributed by atoms with E-state index in [1.54, 1.807) is 0 Å². The van der Waals surface area contributed by atoms with Crippen LogP contribution in [0.3, 0.4) is 0 Å². The molecule has 0 N–H and O–H groups in total. The highest BCUT2D eigenvalue weighted by Gasteiger charge is 1.99. The van der Waals surface area contributed by atoms with E-state index in [1.807, 2.05) is 0 Å². The quantitative estimate of drug-likeness (QED) is 0.112. The first-order valence-electron chi connectivity index (χ1n) is 10.7. The molecule has 0 aliphatic heterocycles. The highest BCUT2D eigenvalue weighted by atomic mass is 32.1. The molecule has 25 heavy (non-hydrogen) atoms. The predicted octanol–water partition coefficient (Wildman–Crippen LogP) is 7.28. The Kier molecular flexibility index (Phi) is 21.2. The van der Waals surface area contributed by atoms with Gasteiger partial charge < -0.3 is 4.74 Å². The van der Waals surface area contributed by atoms with Crippen LogP contribution in [0.4, 0.5) is 0 Å². The Morgan fingerprint density at radius 2 is 1.24 bits per heavy atom. The lowest BCUT2D eigenvalue weighted by Crippen LogP contribution is -2.05. The van der Waals surface area contributed by atoms with Gasteiger partial charge in [-0.15, -0.1) is 0 Å². The van der Waals surface area contributed by atoms with E-state index in [4.69, 9.17) is 4.74 Å². The highest BCUT2D eigenvalue weighted by Crippen LogP contribution is 2.13. The molecule has 0 bridgehead atoms. The Morgan fingerprint density at radius 3 is 1.76 bits per heavy atom. The first kappa shape index (κ1) is 24.6. The lowest BCUT2D eigenvalue weighted by Gasteiger charge is -2.02. The average Bonchev–Trinajstić information content (AvgIpc) is 2.62. The monoisotopic (exact) mass is 370 g/mol. The van der Waals surface area contributed by atoms with Crippen molar-refractivity contribution in [2.75, 3.05) is 12.4 Å². The average molecular weight is 371 g/mol. The summed E-state index contributed by atoms with van der Waals surface area (Å²) in [6.07, 6.45) is 24.9. The summed E-state index contributed by atoms with van der Waals surface area (Å²) in [6, 6.07) is 0. The van der Waals surface area contributed by atoms with Gasteiger partial charge >= 0.3 is 5.97 Å². The van der Waals surface area contributed by atoms with Gasteiger partial charge in [-0.1, -0.05) is 96.1 Å². The normalized spacial score (nSPS) is 11.3. The van der Waals surface area contributed by atoms with Gasteiger partial charge in [0.25, 0.3) is 0 Å². The Labute approximate surface area is 162 Å². The molecule has 148 valence electrons. The summed E-state index contributed by atoms with van der Waals surface area (Å²) in [7, 11) is 0. The minimum atomic E-state index is -0.111. The molecule has 2 nitrogen and oxygen atoms in total. The van der Waals surface area contributed by atoms with Crippen molar-refractivity contribution < 1.29 is 9.53 Å². The molecule has 0 saturated heterocycles. The summed E-state index contributed by atoms with van der Waals surface area (Å²) >= 11 is 4.01. The van der Waals surface area contributed by atoms with Crippen molar-refractivity contribution in [3.05, 3.63) is 12.2 Å². The van der Waals surface area contributed by atoms with Gasteiger partial charge in [0.2, 0.25) is 0 Å². The molecular formula is C22H42O2S. The van der Waals surface area contributed by atoms with Crippen LogP contribution in [-0.4, -0.2) is 18.3 Å². The van der Waals surface area contributed by atoms with Crippen molar-refractivity contribution in [2.45, 2.75) is 110 Å². The number of esters is 1. The third-order valence-corrected chi connectivity index (χ3v) is 4.69. The third kappa shape index (κ3) is 21.5. The van der Waals surface area contributed by atoms with Crippen molar-refractivity contribution in [1.29, 1.82) is 0 Å². The molecule has 0 amide bonds. The first-order valence-corrected chi connectivity index (χ1v) is 11.4. The van der Waals surface area contributed by atoms with Gasteiger partial charge in [0, 0.05) is 12.2 Å². The molecule has 0 aromatic rings. The van der Waals surface area contributed by atoms with E-state index in [0.29, 0.717) is 18.8 Å². The standard InChI is InChI=1S/C22H42O2S/c1-2-3-4-5-6-7-8-9-10-11-12-13-14-15-16-17-18-19-22(23)24-20-21-25/h16-17,25H,2-15,18-21H2,1H3/b17-16+. The molecule has 0 fully saturated rings. The summed E-state index contributed by atoms with van der Waals surface area (Å²) in [5, 5.41) is 0. The summed E-state index contributed by atoms with van der Waals surface area (Å²) in [5.41, 5.74) is 0. The van der Waals surface area contributed by atoms with Crippen molar-refractivity contribution in [3.8, 4) is 0 Å². The second-order valence-electron chi connectivity index (χ2n) is 6.99. The van der Waals surface area contributed by atoms with Crippen molar-refractivity contribution in [3.63, 3.8) is 0 Å². The summed E-state index contributed by atoms with van der Waals surface area (Å²) in [4.78, 5) is 11.3. The van der Waals surface area contributed by atoms with E-state index in [-0.39, 0.29) is 5.97 Å². The maximum absolute atomic E-state index is 11.3. The summed E-state index contributed by atoms with van der Waals surface area (Å²) < 4.78 is 4.97. The second-order valence-corrected chi connectivity index (χ2v) is 7.43. The molecule has 0 rings (SSSR count). The fraction of sp³-hybridized carbons (Fsp3) is 0.864. The minimum Gasteiger partial charge on any atom is -0.465 e. The van der Waals surface area contributed by atoms with E-state index >= 15 is 0 Å². The number of rotatable bonds is 19. The molecule has 0 heterocycles. The number of ether oxygens (including phenoxy) is 1. The van der Waals surface area contributed by atoms with Crippen LogP contribution in [0.5, 0.6) is 0 Å². The lowest BCUT2D eigenvalue weighted by molar-refractivity contribution is -0.142. The van der Waals surface area contributed by atoms with E-state index in [0.717, 1.165) is 12.8 Å². The largest absolute Gasteiger partial charge is 0.465 e. The van der Waals surface area contributed by atoms with Gasteiger partial charge in [0.15, 0.2) is 0 Å². The number of carbonyl (C=O) groups is 1. The fourth-order valence-corrected chi connectivity index (χ4v) is 3.04. The summed E-state index contributed by atoms with van der Waals surface area (Å²) in [5.74, 6) is 0.486. The number of carbonyl (C=O) groups excluding carboxylic acids is 1. The zero-order valence-corrected chi connectivity index (χ0v) is 17.5. The number of hydrogen-bond acceptors (Lipinski definition) is 3. The third-order valence-electron chi connectivity index (χ3n) is 4.51. The predicted molar refractivity (Wildman–Crippen MR) is 113 cm³/mol. The van der Waals surface area contributed by atoms with Crippen LogP contribution < -0.4 is 0 Å². The van der Waals surface area contributed by atoms with Gasteiger partial charge in [-0.05, 0) is 19.3 Å². The van der Waals surface area contributed by atoms with Crippen LogP contribution in [-0.2, 0) is 9.53 Å². The Morgan fingerprint density at radius 1 is 0.760 bits per heavy atom. The van der Waals surface area contributed by atoms with Gasteiger partial charge in [-0.2, -0.15) is 12.6 Å². The molecule has 3 heteroatoms. The van der Waals surface area contributed by atoms with Crippen LogP contribution in [0.1, 0.15) is 110 Å². The molecule has 0 atom stereocenters. The van der Waals surface area contributed by atoms with Gasteiger partial charge in [0.05, 0.1) is 0 Å². The fourth-order valence-electron chi connectivity index (χ4n) is 2.95. The maximum Gasteiger partial charge on any atom is 0.306 e. The number of hydrogen-bond donors (Lipinski definition) is 1. The van der Waals surface area contributed by atoms with Gasteiger partial charge in [-0.3, -0.25) is 4.79 Å². The topological polar surface area (TPSA) is 26.3 Å². The van der Waals surface area contributed by atoms with E-state index in [2.05, 4.69) is 31.7 Å². The molecule has 0 aromatic heterocycles. The Balaban J connectivity index is 3.13. The van der Waals surface area contributed by atoms with Crippen LogP contribution in [0.2, 0.25) is 0 Å². The highest BCUT2D eigenvalue weighted by molar-refractivity contribution is 7.80. The zero-order valence-electron chi connectivity index (χ0n) is 16.6. The molecular weight excluding hydrogens is 328 g/mol.